The Morgan fingerprint density at radius 2 is 1.68 bits per heavy atom. The number of carbonyl (C=O) groups is 2. The first-order valence-corrected chi connectivity index (χ1v) is 10.3. The summed E-state index contributed by atoms with van der Waals surface area (Å²) in [5, 5.41) is 2.94. The predicted molar refractivity (Wildman–Crippen MR) is 119 cm³/mol. The third-order valence-electron chi connectivity index (χ3n) is 5.57. The average molecular weight is 415 g/mol. The van der Waals surface area contributed by atoms with Gasteiger partial charge in [0.2, 0.25) is 5.91 Å². The van der Waals surface area contributed by atoms with Crippen molar-refractivity contribution in [3.05, 3.63) is 84.2 Å². The van der Waals surface area contributed by atoms with Crippen LogP contribution in [0.3, 0.4) is 0 Å². The molecule has 2 heterocycles. The van der Waals surface area contributed by atoms with Gasteiger partial charge in [-0.05, 0) is 47.4 Å². The fraction of sp³-hybridized carbons (Fsp3) is 0.240. The highest BCUT2D eigenvalue weighted by atomic mass is 16.5. The Morgan fingerprint density at radius 1 is 1.03 bits per heavy atom. The first kappa shape index (κ1) is 20.6. The number of hydrogen-bond acceptors (Lipinski definition) is 4. The smallest absolute Gasteiger partial charge is 0.254 e. The minimum atomic E-state index is -0.292. The molecule has 0 spiro atoms. The maximum absolute atomic E-state index is 12.9. The second kappa shape index (κ2) is 9.43. The van der Waals surface area contributed by atoms with E-state index in [1.165, 1.54) is 0 Å². The van der Waals surface area contributed by atoms with Crippen LogP contribution in [0.1, 0.15) is 15.9 Å². The lowest BCUT2D eigenvalue weighted by molar-refractivity contribution is -0.124. The minimum Gasteiger partial charge on any atom is -0.497 e. The van der Waals surface area contributed by atoms with E-state index in [2.05, 4.69) is 22.4 Å². The number of aromatic nitrogens is 1. The number of methoxy groups -OCH3 is 1. The van der Waals surface area contributed by atoms with Crippen LogP contribution in [-0.4, -0.2) is 48.4 Å². The number of pyridine rings is 1. The van der Waals surface area contributed by atoms with Crippen LogP contribution in [0.4, 0.5) is 0 Å². The van der Waals surface area contributed by atoms with Crippen molar-refractivity contribution in [2.45, 2.75) is 6.42 Å². The SMILES string of the molecule is COc1ccc(-c2ccc(C[C@@H]3CN(C(=O)c4ccncc4)CCNC3=O)cc2)cc1. The molecule has 1 aromatic heterocycles. The van der Waals surface area contributed by atoms with Crippen LogP contribution in [0.15, 0.2) is 73.1 Å². The molecule has 158 valence electrons. The van der Waals surface area contributed by atoms with E-state index in [0.29, 0.717) is 31.6 Å². The molecule has 2 amide bonds. The highest BCUT2D eigenvalue weighted by molar-refractivity contribution is 5.94. The number of amides is 2. The molecule has 1 N–H and O–H groups in total. The quantitative estimate of drug-likeness (QED) is 0.695. The molecule has 0 unspecified atom stereocenters. The first-order chi connectivity index (χ1) is 15.1. The van der Waals surface area contributed by atoms with E-state index in [1.807, 2.05) is 36.4 Å². The zero-order valence-electron chi connectivity index (χ0n) is 17.5. The van der Waals surface area contributed by atoms with Crippen molar-refractivity contribution in [1.29, 1.82) is 0 Å². The van der Waals surface area contributed by atoms with Crippen LogP contribution in [-0.2, 0) is 11.2 Å². The molecule has 6 nitrogen and oxygen atoms in total. The third kappa shape index (κ3) is 4.91. The summed E-state index contributed by atoms with van der Waals surface area (Å²) in [6.45, 7) is 1.36. The molecule has 1 atom stereocenters. The van der Waals surface area contributed by atoms with Crippen molar-refractivity contribution in [1.82, 2.24) is 15.2 Å². The Balaban J connectivity index is 1.46. The average Bonchev–Trinajstić information content (AvgIpc) is 3.01. The third-order valence-corrected chi connectivity index (χ3v) is 5.57. The molecule has 1 saturated heterocycles. The summed E-state index contributed by atoms with van der Waals surface area (Å²) < 4.78 is 5.21. The first-order valence-electron chi connectivity index (χ1n) is 10.3. The van der Waals surface area contributed by atoms with Gasteiger partial charge in [-0.15, -0.1) is 0 Å². The van der Waals surface area contributed by atoms with E-state index in [-0.39, 0.29) is 17.7 Å². The second-order valence-corrected chi connectivity index (χ2v) is 7.60. The summed E-state index contributed by atoms with van der Waals surface area (Å²) in [6, 6.07) is 19.5. The minimum absolute atomic E-state index is 0.00995. The molecule has 0 aliphatic carbocycles. The maximum Gasteiger partial charge on any atom is 0.254 e. The lowest BCUT2D eigenvalue weighted by Crippen LogP contribution is -2.37. The van der Waals surface area contributed by atoms with Gasteiger partial charge in [0, 0.05) is 37.6 Å². The van der Waals surface area contributed by atoms with Gasteiger partial charge in [-0.25, -0.2) is 0 Å². The molecule has 0 radical (unpaired) electrons. The number of hydrogen-bond donors (Lipinski definition) is 1. The Hall–Kier alpha value is -3.67. The molecular formula is C25H25N3O3. The van der Waals surface area contributed by atoms with Crippen molar-refractivity contribution in [3.63, 3.8) is 0 Å². The number of carbonyl (C=O) groups excluding carboxylic acids is 2. The van der Waals surface area contributed by atoms with Crippen molar-refractivity contribution >= 4 is 11.8 Å². The summed E-state index contributed by atoms with van der Waals surface area (Å²) in [6.07, 6.45) is 3.79. The van der Waals surface area contributed by atoms with Gasteiger partial charge in [0.15, 0.2) is 0 Å². The number of nitrogens with zero attached hydrogens (tertiary/aromatic N) is 2. The van der Waals surface area contributed by atoms with Crippen molar-refractivity contribution in [2.24, 2.45) is 5.92 Å². The van der Waals surface area contributed by atoms with E-state index in [0.717, 1.165) is 22.4 Å². The van der Waals surface area contributed by atoms with E-state index < -0.39 is 0 Å². The summed E-state index contributed by atoms with van der Waals surface area (Å²) in [5.41, 5.74) is 3.86. The topological polar surface area (TPSA) is 71.5 Å². The van der Waals surface area contributed by atoms with Crippen LogP contribution in [0, 0.1) is 5.92 Å². The van der Waals surface area contributed by atoms with Gasteiger partial charge in [-0.1, -0.05) is 36.4 Å². The monoisotopic (exact) mass is 415 g/mol. The van der Waals surface area contributed by atoms with E-state index >= 15 is 0 Å². The van der Waals surface area contributed by atoms with Crippen LogP contribution in [0.5, 0.6) is 5.75 Å². The summed E-state index contributed by atoms with van der Waals surface area (Å²) >= 11 is 0. The van der Waals surface area contributed by atoms with Crippen LogP contribution in [0.25, 0.3) is 11.1 Å². The van der Waals surface area contributed by atoms with Crippen molar-refractivity contribution in [3.8, 4) is 16.9 Å². The van der Waals surface area contributed by atoms with E-state index in [1.54, 1.807) is 36.5 Å². The van der Waals surface area contributed by atoms with Gasteiger partial charge in [0.1, 0.15) is 5.75 Å². The maximum atomic E-state index is 12.9. The molecule has 6 heteroatoms. The molecule has 31 heavy (non-hydrogen) atoms. The number of ether oxygens (including phenoxy) is 1. The number of rotatable bonds is 5. The fourth-order valence-electron chi connectivity index (χ4n) is 3.82. The molecule has 2 aromatic carbocycles. The molecule has 3 aromatic rings. The van der Waals surface area contributed by atoms with Crippen molar-refractivity contribution < 1.29 is 14.3 Å². The fourth-order valence-corrected chi connectivity index (χ4v) is 3.82. The Morgan fingerprint density at radius 3 is 2.32 bits per heavy atom. The molecular weight excluding hydrogens is 390 g/mol. The predicted octanol–water partition coefficient (Wildman–Crippen LogP) is 3.19. The lowest BCUT2D eigenvalue weighted by Gasteiger charge is -2.23. The van der Waals surface area contributed by atoms with Crippen molar-refractivity contribution in [2.75, 3.05) is 26.7 Å². The van der Waals surface area contributed by atoms with Gasteiger partial charge >= 0.3 is 0 Å². The zero-order chi connectivity index (χ0) is 21.6. The van der Waals surface area contributed by atoms with Gasteiger partial charge in [0.05, 0.1) is 13.0 Å². The molecule has 1 aliphatic heterocycles. The van der Waals surface area contributed by atoms with Crippen LogP contribution in [0.2, 0.25) is 0 Å². The molecule has 4 rings (SSSR count). The van der Waals surface area contributed by atoms with E-state index in [4.69, 9.17) is 4.74 Å². The number of benzene rings is 2. The number of nitrogens with one attached hydrogen (secondary N) is 1. The van der Waals surface area contributed by atoms with Crippen LogP contribution >= 0.6 is 0 Å². The summed E-state index contributed by atoms with van der Waals surface area (Å²) in [4.78, 5) is 31.2. The highest BCUT2D eigenvalue weighted by Crippen LogP contribution is 2.24. The van der Waals surface area contributed by atoms with Gasteiger partial charge in [0.25, 0.3) is 5.91 Å². The highest BCUT2D eigenvalue weighted by Gasteiger charge is 2.28. The summed E-state index contributed by atoms with van der Waals surface area (Å²) in [5.74, 6) is 0.453. The van der Waals surface area contributed by atoms with Gasteiger partial charge < -0.3 is 15.0 Å². The van der Waals surface area contributed by atoms with Gasteiger partial charge in [-0.3, -0.25) is 14.6 Å². The second-order valence-electron chi connectivity index (χ2n) is 7.60. The zero-order valence-corrected chi connectivity index (χ0v) is 17.5. The standard InChI is InChI=1S/C25H25N3O3/c1-31-23-8-6-20(7-9-23)19-4-2-18(3-5-19)16-22-17-28(15-14-27-24(22)29)25(30)21-10-12-26-13-11-21/h2-13,22H,14-17H2,1H3,(H,27,29)/t22-/m1/s1. The molecule has 0 saturated carbocycles. The largest absolute Gasteiger partial charge is 0.497 e. The van der Waals surface area contributed by atoms with Gasteiger partial charge in [-0.2, -0.15) is 0 Å². The molecule has 1 aliphatic rings. The lowest BCUT2D eigenvalue weighted by atomic mass is 9.96. The summed E-state index contributed by atoms with van der Waals surface area (Å²) in [7, 11) is 1.65. The normalized spacial score (nSPS) is 16.4. The Labute approximate surface area is 181 Å². The molecule has 1 fully saturated rings. The molecule has 0 bridgehead atoms. The van der Waals surface area contributed by atoms with E-state index in [9.17, 15) is 9.59 Å². The Kier molecular flexibility index (Phi) is 6.26. The Bertz CT molecular complexity index is 1030. The van der Waals surface area contributed by atoms with Crippen LogP contribution < -0.4 is 10.1 Å².